The van der Waals surface area contributed by atoms with Gasteiger partial charge in [-0.25, -0.2) is 18.1 Å². The second-order valence-electron chi connectivity index (χ2n) is 11.4. The number of H-pyrrole nitrogens is 1. The van der Waals surface area contributed by atoms with Crippen LogP contribution < -0.4 is 4.72 Å². The Bertz CT molecular complexity index is 2060. The number of para-hydroxylation sites is 1. The standard InChI is InChI=1S/C36H33N5O5S2/c42-21-25-13-15-28(16-14-25)34-32(26-6-2-1-3-7-26)30(22-47-36-38-23-39-41-36)45-35(46-34)29-17-11-24(12-18-29)20-40-48(43,44)31-10-4-8-27-9-5-19-37-33(27)31/h1-19,23,30,32,34-35,40,42H,20-22H2,(H,38,39,41). The summed E-state index contributed by atoms with van der Waals surface area (Å²) < 4.78 is 42.7. The van der Waals surface area contributed by atoms with Crippen LogP contribution >= 0.6 is 11.8 Å². The molecule has 4 aromatic carbocycles. The molecule has 0 bridgehead atoms. The van der Waals surface area contributed by atoms with E-state index in [2.05, 4.69) is 37.0 Å². The molecule has 1 aliphatic rings. The highest BCUT2D eigenvalue weighted by atomic mass is 32.2. The first-order valence-corrected chi connectivity index (χ1v) is 17.9. The van der Waals surface area contributed by atoms with Crippen LogP contribution in [-0.2, 0) is 32.6 Å². The number of aromatic amines is 1. The second kappa shape index (κ2) is 14.4. The van der Waals surface area contributed by atoms with Crippen molar-refractivity contribution in [3.63, 3.8) is 0 Å². The van der Waals surface area contributed by atoms with Gasteiger partial charge in [0.1, 0.15) is 11.2 Å². The summed E-state index contributed by atoms with van der Waals surface area (Å²) in [5.74, 6) is 0.443. The van der Waals surface area contributed by atoms with Crippen molar-refractivity contribution in [1.82, 2.24) is 24.9 Å². The Morgan fingerprint density at radius 2 is 1.54 bits per heavy atom. The highest BCUT2D eigenvalue weighted by Crippen LogP contribution is 2.47. The van der Waals surface area contributed by atoms with Gasteiger partial charge >= 0.3 is 0 Å². The van der Waals surface area contributed by atoms with E-state index in [1.54, 1.807) is 24.4 Å². The molecule has 0 aliphatic carbocycles. The van der Waals surface area contributed by atoms with E-state index in [0.29, 0.717) is 16.4 Å². The number of fused-ring (bicyclic) bond motifs is 1. The first-order valence-electron chi connectivity index (χ1n) is 15.4. The van der Waals surface area contributed by atoms with Crippen LogP contribution in [0.15, 0.2) is 132 Å². The number of nitrogens with one attached hydrogen (secondary N) is 2. The van der Waals surface area contributed by atoms with Gasteiger partial charge in [0.15, 0.2) is 11.4 Å². The van der Waals surface area contributed by atoms with E-state index in [-0.39, 0.29) is 36.2 Å². The quantitative estimate of drug-likeness (QED) is 0.140. The molecule has 6 aromatic rings. The number of aliphatic hydroxyl groups excluding tert-OH is 1. The fraction of sp³-hybridized carbons (Fsp3) is 0.194. The zero-order valence-corrected chi connectivity index (χ0v) is 27.3. The van der Waals surface area contributed by atoms with E-state index in [0.717, 1.165) is 33.2 Å². The fourth-order valence-electron chi connectivity index (χ4n) is 5.92. The van der Waals surface area contributed by atoms with Gasteiger partial charge in [0.05, 0.1) is 24.3 Å². The highest BCUT2D eigenvalue weighted by molar-refractivity contribution is 7.99. The summed E-state index contributed by atoms with van der Waals surface area (Å²) in [4.78, 5) is 8.72. The zero-order chi connectivity index (χ0) is 32.9. The van der Waals surface area contributed by atoms with Crippen molar-refractivity contribution in [2.45, 2.75) is 47.6 Å². The van der Waals surface area contributed by atoms with Gasteiger partial charge in [0.25, 0.3) is 0 Å². The molecule has 2 aromatic heterocycles. The van der Waals surface area contributed by atoms with Gasteiger partial charge in [0, 0.05) is 35.4 Å². The summed E-state index contributed by atoms with van der Waals surface area (Å²) >= 11 is 1.53. The third-order valence-corrected chi connectivity index (χ3v) is 10.7. The molecule has 0 radical (unpaired) electrons. The van der Waals surface area contributed by atoms with Crippen LogP contribution in [0.5, 0.6) is 0 Å². The molecule has 1 saturated heterocycles. The minimum atomic E-state index is -3.82. The smallest absolute Gasteiger partial charge is 0.243 e. The molecule has 4 unspecified atom stereocenters. The first-order chi connectivity index (χ1) is 23.5. The minimum Gasteiger partial charge on any atom is -0.392 e. The summed E-state index contributed by atoms with van der Waals surface area (Å²) in [6, 6.07) is 34.3. The third kappa shape index (κ3) is 7.04. The van der Waals surface area contributed by atoms with Gasteiger partial charge in [-0.1, -0.05) is 109 Å². The number of hydrogen-bond donors (Lipinski definition) is 3. The third-order valence-electron chi connectivity index (χ3n) is 8.35. The molecular formula is C36H33N5O5S2. The van der Waals surface area contributed by atoms with Crippen LogP contribution in [0.4, 0.5) is 0 Å². The Labute approximate surface area is 282 Å². The molecule has 0 saturated carbocycles. The highest BCUT2D eigenvalue weighted by Gasteiger charge is 2.42. The molecule has 0 spiro atoms. The number of thioether (sulfide) groups is 1. The van der Waals surface area contributed by atoms with E-state index in [1.807, 2.05) is 78.9 Å². The summed E-state index contributed by atoms with van der Waals surface area (Å²) in [6.45, 7) is 0.0576. The molecule has 10 nitrogen and oxygen atoms in total. The van der Waals surface area contributed by atoms with Gasteiger partial charge in [0.2, 0.25) is 10.0 Å². The number of aliphatic hydroxyl groups is 1. The summed E-state index contributed by atoms with van der Waals surface area (Å²) in [5.41, 5.74) is 4.89. The van der Waals surface area contributed by atoms with Crippen molar-refractivity contribution in [1.29, 1.82) is 0 Å². The molecule has 12 heteroatoms. The van der Waals surface area contributed by atoms with Gasteiger partial charge in [-0.2, -0.15) is 5.10 Å². The number of pyridine rings is 1. The maximum absolute atomic E-state index is 13.3. The average molecular weight is 680 g/mol. The van der Waals surface area contributed by atoms with Crippen LogP contribution in [0.25, 0.3) is 10.9 Å². The lowest BCUT2D eigenvalue weighted by Crippen LogP contribution is -2.38. The molecule has 0 amide bonds. The van der Waals surface area contributed by atoms with E-state index in [9.17, 15) is 13.5 Å². The number of benzene rings is 4. The van der Waals surface area contributed by atoms with Crippen LogP contribution in [0.2, 0.25) is 0 Å². The summed E-state index contributed by atoms with van der Waals surface area (Å²) in [5, 5.41) is 18.0. The molecule has 7 rings (SSSR count). The summed E-state index contributed by atoms with van der Waals surface area (Å²) in [6.07, 6.45) is 1.74. The predicted molar refractivity (Wildman–Crippen MR) is 182 cm³/mol. The molecule has 1 fully saturated rings. The van der Waals surface area contributed by atoms with Gasteiger partial charge in [-0.05, 0) is 34.4 Å². The lowest BCUT2D eigenvalue weighted by molar-refractivity contribution is -0.255. The molecule has 4 atom stereocenters. The topological polar surface area (TPSA) is 139 Å². The zero-order valence-electron chi connectivity index (χ0n) is 25.7. The molecule has 244 valence electrons. The van der Waals surface area contributed by atoms with E-state index < -0.39 is 16.3 Å². The Morgan fingerprint density at radius 3 is 2.29 bits per heavy atom. The van der Waals surface area contributed by atoms with Crippen LogP contribution in [0.3, 0.4) is 0 Å². The number of nitrogens with zero attached hydrogens (tertiary/aromatic N) is 3. The number of aromatic nitrogens is 4. The van der Waals surface area contributed by atoms with Gasteiger partial charge in [-0.15, -0.1) is 0 Å². The Balaban J connectivity index is 1.14. The van der Waals surface area contributed by atoms with Crippen molar-refractivity contribution < 1.29 is 23.0 Å². The normalized spacial score (nSPS) is 19.8. The van der Waals surface area contributed by atoms with Crippen molar-refractivity contribution in [3.05, 3.63) is 150 Å². The number of ether oxygens (including phenoxy) is 2. The second-order valence-corrected chi connectivity index (χ2v) is 14.1. The van der Waals surface area contributed by atoms with Crippen molar-refractivity contribution in [2.24, 2.45) is 0 Å². The van der Waals surface area contributed by atoms with Crippen LogP contribution in [0.1, 0.15) is 46.1 Å². The van der Waals surface area contributed by atoms with Gasteiger partial charge in [-0.3, -0.25) is 10.1 Å². The monoisotopic (exact) mass is 679 g/mol. The van der Waals surface area contributed by atoms with E-state index >= 15 is 0 Å². The van der Waals surface area contributed by atoms with E-state index in [4.69, 9.17) is 9.47 Å². The molecule has 3 N–H and O–H groups in total. The lowest BCUT2D eigenvalue weighted by atomic mass is 9.84. The molecule has 48 heavy (non-hydrogen) atoms. The number of rotatable bonds is 11. The summed E-state index contributed by atoms with van der Waals surface area (Å²) in [7, 11) is -3.82. The lowest BCUT2D eigenvalue weighted by Gasteiger charge is -2.43. The number of hydrogen-bond acceptors (Lipinski definition) is 9. The maximum Gasteiger partial charge on any atom is 0.243 e. The average Bonchev–Trinajstić information content (AvgIpc) is 3.67. The van der Waals surface area contributed by atoms with Crippen molar-refractivity contribution in [2.75, 3.05) is 5.75 Å². The fourth-order valence-corrected chi connectivity index (χ4v) is 7.96. The first kappa shape index (κ1) is 32.1. The van der Waals surface area contributed by atoms with Crippen molar-refractivity contribution in [3.8, 4) is 0 Å². The Kier molecular flexibility index (Phi) is 9.61. The molecule has 3 heterocycles. The molecular weight excluding hydrogens is 647 g/mol. The van der Waals surface area contributed by atoms with Crippen LogP contribution in [0, 0.1) is 0 Å². The van der Waals surface area contributed by atoms with Crippen molar-refractivity contribution >= 4 is 32.7 Å². The Morgan fingerprint density at radius 1 is 0.792 bits per heavy atom. The predicted octanol–water partition coefficient (Wildman–Crippen LogP) is 6.06. The Hall–Kier alpha value is -4.43. The largest absolute Gasteiger partial charge is 0.392 e. The maximum atomic E-state index is 13.3. The van der Waals surface area contributed by atoms with Crippen LogP contribution in [-0.4, -0.2) is 45.5 Å². The van der Waals surface area contributed by atoms with Gasteiger partial charge < -0.3 is 14.6 Å². The number of sulfonamides is 1. The molecule has 1 aliphatic heterocycles. The van der Waals surface area contributed by atoms with E-state index in [1.165, 1.54) is 18.1 Å². The minimum absolute atomic E-state index is 0.0442. The SMILES string of the molecule is O=S(=O)(NCc1ccc(C2OC(CSc3ncn[nH]3)C(c3ccccc3)C(c3ccc(CO)cc3)O2)cc1)c1cccc2cccnc12.